The van der Waals surface area contributed by atoms with Gasteiger partial charge < -0.3 is 15.0 Å². The summed E-state index contributed by atoms with van der Waals surface area (Å²) >= 11 is 3.27. The van der Waals surface area contributed by atoms with Gasteiger partial charge in [-0.25, -0.2) is 14.2 Å². The van der Waals surface area contributed by atoms with Crippen molar-refractivity contribution in [2.45, 2.75) is 51.4 Å². The number of nitrogens with zero attached hydrogens (tertiary/aromatic N) is 3. The summed E-state index contributed by atoms with van der Waals surface area (Å²) in [7, 11) is 3.50. The lowest BCUT2D eigenvalue weighted by atomic mass is 10.0. The van der Waals surface area contributed by atoms with Gasteiger partial charge in [-0.3, -0.25) is 9.69 Å². The molecule has 2 atom stereocenters. The molecule has 0 spiro atoms. The zero-order valence-electron chi connectivity index (χ0n) is 17.2. The first kappa shape index (κ1) is 22.5. The number of anilines is 1. The number of aryl methyl sites for hydroxylation is 1. The third kappa shape index (κ3) is 5.88. The second-order valence-electron chi connectivity index (χ2n) is 8.51. The lowest BCUT2D eigenvalue weighted by Gasteiger charge is -2.28. The van der Waals surface area contributed by atoms with Gasteiger partial charge in [0, 0.05) is 13.0 Å². The van der Waals surface area contributed by atoms with Crippen molar-refractivity contribution in [2.24, 2.45) is 0 Å². The number of halogens is 2. The lowest BCUT2D eigenvalue weighted by Crippen LogP contribution is -2.46. The van der Waals surface area contributed by atoms with E-state index >= 15 is 4.39 Å². The Bertz CT molecular complexity index is 753. The highest BCUT2D eigenvalue weighted by atomic mass is 79.9. The van der Waals surface area contributed by atoms with E-state index in [9.17, 15) is 9.59 Å². The molecule has 1 aliphatic rings. The first-order valence-electron chi connectivity index (χ1n) is 9.07. The summed E-state index contributed by atoms with van der Waals surface area (Å²) in [5.41, 5.74) is -1.69. The highest BCUT2D eigenvalue weighted by molar-refractivity contribution is 9.10. The fraction of sp³-hybridized carbons (Fsp3) is 0.632. The van der Waals surface area contributed by atoms with Crippen LogP contribution in [-0.4, -0.2) is 71.3 Å². The van der Waals surface area contributed by atoms with Gasteiger partial charge in [0.05, 0.1) is 6.54 Å². The number of pyridine rings is 1. The number of amides is 2. The van der Waals surface area contributed by atoms with Crippen molar-refractivity contribution in [2.75, 3.05) is 32.5 Å². The SMILES string of the molecule is Cc1ccc(Br)nc1NC(=O)[C@@H]1C[C@](F)(CN(C)C)CN1C(=O)OC(C)(C)C. The van der Waals surface area contributed by atoms with Crippen molar-refractivity contribution in [1.29, 1.82) is 0 Å². The maximum absolute atomic E-state index is 15.4. The number of ether oxygens (including phenoxy) is 1. The minimum absolute atomic E-state index is 0.101. The number of hydrogen-bond acceptors (Lipinski definition) is 5. The van der Waals surface area contributed by atoms with Crippen LogP contribution in [0.5, 0.6) is 0 Å². The molecule has 2 amide bonds. The Morgan fingerprint density at radius 2 is 2.07 bits per heavy atom. The summed E-state index contributed by atoms with van der Waals surface area (Å²) in [5.74, 6) is -0.120. The van der Waals surface area contributed by atoms with Gasteiger partial charge >= 0.3 is 6.09 Å². The van der Waals surface area contributed by atoms with Crippen molar-refractivity contribution in [3.05, 3.63) is 22.3 Å². The average Bonchev–Trinajstić information content (AvgIpc) is 2.86. The van der Waals surface area contributed by atoms with E-state index in [1.165, 1.54) is 4.90 Å². The molecule has 0 aromatic carbocycles. The number of nitrogens with one attached hydrogen (secondary N) is 1. The molecule has 9 heteroatoms. The summed E-state index contributed by atoms with van der Waals surface area (Å²) in [6.45, 7) is 6.89. The first-order valence-corrected chi connectivity index (χ1v) is 9.86. The molecule has 1 N–H and O–H groups in total. The molecule has 2 heterocycles. The lowest BCUT2D eigenvalue weighted by molar-refractivity contribution is -0.120. The molecule has 1 aromatic heterocycles. The highest BCUT2D eigenvalue weighted by Gasteiger charge is 2.50. The second-order valence-corrected chi connectivity index (χ2v) is 9.32. The summed E-state index contributed by atoms with van der Waals surface area (Å²) in [6, 6.07) is 2.58. The van der Waals surface area contributed by atoms with E-state index in [4.69, 9.17) is 4.74 Å². The number of rotatable bonds is 4. The van der Waals surface area contributed by atoms with Crippen LogP contribution in [0.3, 0.4) is 0 Å². The second kappa shape index (κ2) is 8.32. The van der Waals surface area contributed by atoms with Crippen LogP contribution < -0.4 is 5.32 Å². The Hall–Kier alpha value is -1.74. The van der Waals surface area contributed by atoms with Crippen LogP contribution in [0.2, 0.25) is 0 Å². The largest absolute Gasteiger partial charge is 0.444 e. The predicted molar refractivity (Wildman–Crippen MR) is 109 cm³/mol. The highest BCUT2D eigenvalue weighted by Crippen LogP contribution is 2.33. The summed E-state index contributed by atoms with van der Waals surface area (Å²) in [6.07, 6.45) is -0.812. The standard InChI is InChI=1S/C19H28BrFN4O3/c1-12-7-8-14(20)22-15(12)23-16(26)13-9-19(21,10-24(5)6)11-25(13)17(27)28-18(2,3)4/h7-8,13H,9-11H2,1-6H3,(H,22,23,26)/t13-,19-/m0/s1. The van der Waals surface area contributed by atoms with Crippen molar-refractivity contribution in [3.8, 4) is 0 Å². The molecule has 2 rings (SSSR count). The van der Waals surface area contributed by atoms with Crippen molar-refractivity contribution in [1.82, 2.24) is 14.8 Å². The topological polar surface area (TPSA) is 74.8 Å². The molecule has 0 unspecified atom stereocenters. The van der Waals surface area contributed by atoms with Crippen LogP contribution in [0, 0.1) is 6.92 Å². The van der Waals surface area contributed by atoms with Crippen LogP contribution in [0.1, 0.15) is 32.8 Å². The van der Waals surface area contributed by atoms with E-state index in [1.807, 2.05) is 0 Å². The number of carbonyl (C=O) groups excluding carboxylic acids is 2. The van der Waals surface area contributed by atoms with Crippen LogP contribution in [0.4, 0.5) is 15.0 Å². The van der Waals surface area contributed by atoms with E-state index in [-0.39, 0.29) is 19.5 Å². The molecule has 0 aliphatic carbocycles. The van der Waals surface area contributed by atoms with Crippen LogP contribution in [0.15, 0.2) is 16.7 Å². The minimum Gasteiger partial charge on any atom is -0.444 e. The van der Waals surface area contributed by atoms with Gasteiger partial charge in [-0.15, -0.1) is 0 Å². The van der Waals surface area contributed by atoms with Gasteiger partial charge in [0.2, 0.25) is 5.91 Å². The van der Waals surface area contributed by atoms with Crippen LogP contribution in [-0.2, 0) is 9.53 Å². The zero-order valence-corrected chi connectivity index (χ0v) is 18.8. The molecule has 7 nitrogen and oxygen atoms in total. The van der Waals surface area contributed by atoms with Gasteiger partial charge in [-0.05, 0) is 69.4 Å². The van der Waals surface area contributed by atoms with Crippen molar-refractivity contribution < 1.29 is 18.7 Å². The monoisotopic (exact) mass is 458 g/mol. The number of carbonyl (C=O) groups is 2. The van der Waals surface area contributed by atoms with Crippen molar-refractivity contribution in [3.63, 3.8) is 0 Å². The van der Waals surface area contributed by atoms with E-state index in [0.717, 1.165) is 5.56 Å². The molecule has 28 heavy (non-hydrogen) atoms. The normalized spacial score (nSPS) is 22.5. The summed E-state index contributed by atoms with van der Waals surface area (Å²) in [4.78, 5) is 32.7. The summed E-state index contributed by atoms with van der Waals surface area (Å²) < 4.78 is 21.4. The van der Waals surface area contributed by atoms with Gasteiger partial charge in [-0.2, -0.15) is 0 Å². The Morgan fingerprint density at radius 3 is 2.64 bits per heavy atom. The van der Waals surface area contributed by atoms with Crippen LogP contribution in [0.25, 0.3) is 0 Å². The maximum atomic E-state index is 15.4. The minimum atomic E-state index is -1.71. The van der Waals surface area contributed by atoms with Gasteiger partial charge in [0.1, 0.15) is 27.7 Å². The van der Waals surface area contributed by atoms with Gasteiger partial charge in [0.15, 0.2) is 0 Å². The fourth-order valence-corrected chi connectivity index (χ4v) is 3.51. The van der Waals surface area contributed by atoms with E-state index in [0.29, 0.717) is 10.4 Å². The molecule has 0 saturated carbocycles. The maximum Gasteiger partial charge on any atom is 0.411 e. The average molecular weight is 459 g/mol. The fourth-order valence-electron chi connectivity index (χ4n) is 3.20. The molecule has 1 aromatic rings. The quantitative estimate of drug-likeness (QED) is 0.699. The van der Waals surface area contributed by atoms with Gasteiger partial charge in [0.25, 0.3) is 0 Å². The van der Waals surface area contributed by atoms with Crippen LogP contribution >= 0.6 is 15.9 Å². The number of hydrogen-bond donors (Lipinski definition) is 1. The Morgan fingerprint density at radius 1 is 1.43 bits per heavy atom. The number of likely N-dealkylation sites (tertiary alicyclic amines) is 1. The summed E-state index contributed by atoms with van der Waals surface area (Å²) in [5, 5.41) is 2.72. The number of aromatic nitrogens is 1. The van der Waals surface area contributed by atoms with Crippen molar-refractivity contribution >= 4 is 33.7 Å². The molecular formula is C19H28BrFN4O3. The molecule has 156 valence electrons. The molecule has 0 radical (unpaired) electrons. The first-order chi connectivity index (χ1) is 12.8. The molecule has 1 saturated heterocycles. The predicted octanol–water partition coefficient (Wildman–Crippen LogP) is 3.37. The van der Waals surface area contributed by atoms with E-state index in [1.54, 1.807) is 58.8 Å². The third-order valence-electron chi connectivity index (χ3n) is 4.22. The smallest absolute Gasteiger partial charge is 0.411 e. The molecule has 1 aliphatic heterocycles. The Labute approximate surface area is 173 Å². The Kier molecular flexibility index (Phi) is 6.70. The zero-order chi connectivity index (χ0) is 21.3. The molecular weight excluding hydrogens is 431 g/mol. The molecule has 1 fully saturated rings. The third-order valence-corrected chi connectivity index (χ3v) is 4.67. The van der Waals surface area contributed by atoms with E-state index in [2.05, 4.69) is 26.2 Å². The molecule has 0 bridgehead atoms. The number of alkyl halides is 1. The Balaban J connectivity index is 2.26. The van der Waals surface area contributed by atoms with E-state index < -0.39 is 29.3 Å². The van der Waals surface area contributed by atoms with Gasteiger partial charge in [-0.1, -0.05) is 6.07 Å².